The molecule has 136 valence electrons. The summed E-state index contributed by atoms with van der Waals surface area (Å²) < 4.78 is 16.2. The fourth-order valence-electron chi connectivity index (χ4n) is 3.89. The van der Waals surface area contributed by atoms with Crippen molar-refractivity contribution in [3.05, 3.63) is 46.3 Å². The van der Waals surface area contributed by atoms with Crippen LogP contribution >= 0.6 is 0 Å². The monoisotopic (exact) mass is 355 g/mol. The summed E-state index contributed by atoms with van der Waals surface area (Å²) in [5.74, 6) is 0.533. The van der Waals surface area contributed by atoms with Gasteiger partial charge in [-0.1, -0.05) is 6.07 Å². The summed E-state index contributed by atoms with van der Waals surface area (Å²) in [6.07, 6.45) is 2.12. The van der Waals surface area contributed by atoms with Crippen LogP contribution in [0.2, 0.25) is 0 Å². The summed E-state index contributed by atoms with van der Waals surface area (Å²) in [5.41, 5.74) is 3.64. The molecule has 1 aliphatic carbocycles. The minimum Gasteiger partial charge on any atom is -0.463 e. The molecule has 0 fully saturated rings. The van der Waals surface area contributed by atoms with Gasteiger partial charge in [0.1, 0.15) is 0 Å². The van der Waals surface area contributed by atoms with E-state index in [4.69, 9.17) is 14.2 Å². The molecule has 0 aromatic heterocycles. The summed E-state index contributed by atoms with van der Waals surface area (Å²) in [4.78, 5) is 25.4. The Hall–Kier alpha value is -2.76. The minimum atomic E-state index is -0.451. The van der Waals surface area contributed by atoms with Gasteiger partial charge < -0.3 is 19.5 Å². The van der Waals surface area contributed by atoms with E-state index in [1.54, 1.807) is 6.92 Å². The van der Waals surface area contributed by atoms with Crippen molar-refractivity contribution in [1.29, 1.82) is 0 Å². The van der Waals surface area contributed by atoms with E-state index >= 15 is 0 Å². The topological polar surface area (TPSA) is 73.9 Å². The average molecular weight is 355 g/mol. The van der Waals surface area contributed by atoms with Gasteiger partial charge in [0.05, 0.1) is 12.2 Å². The molecular weight excluding hydrogens is 334 g/mol. The fourth-order valence-corrected chi connectivity index (χ4v) is 3.89. The highest BCUT2D eigenvalue weighted by Crippen LogP contribution is 2.45. The number of ketones is 1. The van der Waals surface area contributed by atoms with Crippen molar-refractivity contribution in [2.24, 2.45) is 0 Å². The van der Waals surface area contributed by atoms with Gasteiger partial charge >= 0.3 is 5.97 Å². The molecule has 3 aliphatic rings. The highest BCUT2D eigenvalue weighted by atomic mass is 16.7. The van der Waals surface area contributed by atoms with Crippen LogP contribution in [0.3, 0.4) is 0 Å². The smallest absolute Gasteiger partial charge is 0.336 e. The Morgan fingerprint density at radius 3 is 2.88 bits per heavy atom. The average Bonchev–Trinajstić information content (AvgIpc) is 3.08. The van der Waals surface area contributed by atoms with Crippen LogP contribution in [0, 0.1) is 0 Å². The van der Waals surface area contributed by atoms with Crippen LogP contribution < -0.4 is 14.8 Å². The van der Waals surface area contributed by atoms with E-state index in [9.17, 15) is 9.59 Å². The number of hydrogen-bond acceptors (Lipinski definition) is 6. The van der Waals surface area contributed by atoms with Crippen LogP contribution in [0.1, 0.15) is 44.6 Å². The molecule has 0 saturated heterocycles. The van der Waals surface area contributed by atoms with E-state index in [0.717, 1.165) is 29.8 Å². The van der Waals surface area contributed by atoms with E-state index in [1.165, 1.54) is 0 Å². The molecule has 1 N–H and O–H groups in total. The molecule has 4 rings (SSSR count). The van der Waals surface area contributed by atoms with Crippen LogP contribution in [0.4, 0.5) is 0 Å². The molecule has 6 nitrogen and oxygen atoms in total. The first kappa shape index (κ1) is 16.7. The molecule has 0 radical (unpaired) electrons. The number of fused-ring (bicyclic) bond motifs is 1. The molecule has 6 heteroatoms. The van der Waals surface area contributed by atoms with Gasteiger partial charge in [-0.15, -0.1) is 0 Å². The van der Waals surface area contributed by atoms with Gasteiger partial charge in [0.2, 0.25) is 6.79 Å². The van der Waals surface area contributed by atoms with Gasteiger partial charge in [-0.2, -0.15) is 0 Å². The molecule has 1 atom stereocenters. The Kier molecular flexibility index (Phi) is 4.18. The maximum absolute atomic E-state index is 12.8. The Morgan fingerprint density at radius 1 is 1.27 bits per heavy atom. The normalized spacial score (nSPS) is 21.5. The lowest BCUT2D eigenvalue weighted by Crippen LogP contribution is -2.34. The molecule has 2 heterocycles. The van der Waals surface area contributed by atoms with E-state index in [2.05, 4.69) is 5.32 Å². The molecule has 0 amide bonds. The van der Waals surface area contributed by atoms with Gasteiger partial charge in [0.15, 0.2) is 17.3 Å². The summed E-state index contributed by atoms with van der Waals surface area (Å²) in [5, 5.41) is 3.27. The van der Waals surface area contributed by atoms with Crippen molar-refractivity contribution < 1.29 is 23.8 Å². The van der Waals surface area contributed by atoms with Gasteiger partial charge in [-0.25, -0.2) is 4.79 Å². The van der Waals surface area contributed by atoms with E-state index < -0.39 is 11.9 Å². The standard InChI is InChI=1S/C20H21NO5/c1-3-24-20(23)17-11(2)21-13-5-4-6-14(22)19(13)18(17)12-7-8-15-16(9-12)26-10-25-15/h7-9,18,21H,3-6,10H2,1-2H3/t18-/m0/s1. The fraction of sp³-hybridized carbons (Fsp3) is 0.400. The number of dihydropyridines is 1. The van der Waals surface area contributed by atoms with Crippen molar-refractivity contribution >= 4 is 11.8 Å². The highest BCUT2D eigenvalue weighted by molar-refractivity contribution is 6.03. The molecule has 0 bridgehead atoms. The van der Waals surface area contributed by atoms with Crippen molar-refractivity contribution in [1.82, 2.24) is 5.32 Å². The SMILES string of the molecule is CCOC(=O)C1=C(C)NC2=C(C(=O)CCC2)[C@H]1c1ccc2c(c1)OCO2. The zero-order chi connectivity index (χ0) is 18.3. The van der Waals surface area contributed by atoms with Crippen molar-refractivity contribution in [2.45, 2.75) is 39.0 Å². The molecule has 2 aliphatic heterocycles. The molecule has 0 unspecified atom stereocenters. The number of benzene rings is 1. The summed E-state index contributed by atoms with van der Waals surface area (Å²) in [7, 11) is 0. The maximum atomic E-state index is 12.8. The van der Waals surface area contributed by atoms with E-state index in [0.29, 0.717) is 29.1 Å². The van der Waals surface area contributed by atoms with Crippen LogP contribution in [-0.2, 0) is 14.3 Å². The number of Topliss-reactive ketones (excluding diaryl/α,β-unsaturated/α-hetero) is 1. The number of rotatable bonds is 3. The molecule has 0 spiro atoms. The first-order chi connectivity index (χ1) is 12.6. The van der Waals surface area contributed by atoms with Crippen molar-refractivity contribution in [2.75, 3.05) is 13.4 Å². The van der Waals surface area contributed by atoms with Gasteiger partial charge in [-0.05, 0) is 44.4 Å². The molecule has 26 heavy (non-hydrogen) atoms. The molecule has 1 aromatic carbocycles. The van der Waals surface area contributed by atoms with E-state index in [1.807, 2.05) is 25.1 Å². The highest BCUT2D eigenvalue weighted by Gasteiger charge is 2.39. The maximum Gasteiger partial charge on any atom is 0.336 e. The first-order valence-electron chi connectivity index (χ1n) is 8.90. The second-order valence-electron chi connectivity index (χ2n) is 6.60. The first-order valence-corrected chi connectivity index (χ1v) is 8.90. The second kappa shape index (κ2) is 6.52. The lowest BCUT2D eigenvalue weighted by Gasteiger charge is -2.34. The Morgan fingerprint density at radius 2 is 2.08 bits per heavy atom. The molecule has 1 aromatic rings. The third kappa shape index (κ3) is 2.66. The number of carbonyl (C=O) groups is 2. The Labute approximate surface area is 151 Å². The van der Waals surface area contributed by atoms with Crippen LogP contribution in [-0.4, -0.2) is 25.2 Å². The Balaban J connectivity index is 1.86. The summed E-state index contributed by atoms with van der Waals surface area (Å²) >= 11 is 0. The summed E-state index contributed by atoms with van der Waals surface area (Å²) in [6.45, 7) is 4.09. The number of carbonyl (C=O) groups excluding carboxylic acids is 2. The second-order valence-corrected chi connectivity index (χ2v) is 6.60. The Bertz CT molecular complexity index is 852. The van der Waals surface area contributed by atoms with Crippen LogP contribution in [0.15, 0.2) is 40.7 Å². The zero-order valence-electron chi connectivity index (χ0n) is 14.9. The molecular formula is C20H21NO5. The van der Waals surface area contributed by atoms with E-state index in [-0.39, 0.29) is 19.2 Å². The van der Waals surface area contributed by atoms with Crippen LogP contribution in [0.25, 0.3) is 0 Å². The number of allylic oxidation sites excluding steroid dienone is 3. The van der Waals surface area contributed by atoms with Gasteiger partial charge in [0, 0.05) is 29.3 Å². The molecule has 0 saturated carbocycles. The quantitative estimate of drug-likeness (QED) is 0.841. The predicted octanol–water partition coefficient (Wildman–Crippen LogP) is 2.95. The number of ether oxygens (including phenoxy) is 3. The minimum absolute atomic E-state index is 0.0794. The third-order valence-electron chi connectivity index (χ3n) is 5.00. The van der Waals surface area contributed by atoms with Crippen molar-refractivity contribution in [3.63, 3.8) is 0 Å². The lowest BCUT2D eigenvalue weighted by molar-refractivity contribution is -0.138. The largest absolute Gasteiger partial charge is 0.463 e. The third-order valence-corrected chi connectivity index (χ3v) is 5.00. The summed E-state index contributed by atoms with van der Waals surface area (Å²) in [6, 6.07) is 5.57. The number of esters is 1. The number of hydrogen-bond donors (Lipinski definition) is 1. The van der Waals surface area contributed by atoms with Crippen molar-refractivity contribution in [3.8, 4) is 11.5 Å². The predicted molar refractivity (Wildman–Crippen MR) is 93.7 cm³/mol. The van der Waals surface area contributed by atoms with Gasteiger partial charge in [-0.3, -0.25) is 4.79 Å². The zero-order valence-corrected chi connectivity index (χ0v) is 14.9. The van der Waals surface area contributed by atoms with Gasteiger partial charge in [0.25, 0.3) is 0 Å². The lowest BCUT2D eigenvalue weighted by atomic mass is 9.75. The number of nitrogens with one attached hydrogen (secondary N) is 1. The van der Waals surface area contributed by atoms with Crippen LogP contribution in [0.5, 0.6) is 11.5 Å².